The van der Waals surface area contributed by atoms with Crippen LogP contribution in [0.15, 0.2) is 29.3 Å². The largest absolute Gasteiger partial charge is 0.352 e. The van der Waals surface area contributed by atoms with Crippen molar-refractivity contribution in [1.82, 2.24) is 24.7 Å². The van der Waals surface area contributed by atoms with Gasteiger partial charge in [0.05, 0.1) is 23.3 Å². The van der Waals surface area contributed by atoms with Crippen molar-refractivity contribution in [3.05, 3.63) is 40.4 Å². The number of amides is 2. The van der Waals surface area contributed by atoms with Crippen LogP contribution in [0.3, 0.4) is 0 Å². The third-order valence-electron chi connectivity index (χ3n) is 6.14. The van der Waals surface area contributed by atoms with Crippen LogP contribution in [0.25, 0.3) is 10.9 Å². The van der Waals surface area contributed by atoms with Crippen LogP contribution in [0.5, 0.6) is 0 Å². The number of para-hydroxylation sites is 1. The molecule has 30 heavy (non-hydrogen) atoms. The Morgan fingerprint density at radius 1 is 1.20 bits per heavy atom. The van der Waals surface area contributed by atoms with Gasteiger partial charge in [0, 0.05) is 45.2 Å². The molecule has 0 spiro atoms. The van der Waals surface area contributed by atoms with Crippen LogP contribution in [0.1, 0.15) is 31.7 Å². The van der Waals surface area contributed by atoms with Crippen molar-refractivity contribution in [2.75, 3.05) is 26.2 Å². The highest BCUT2D eigenvalue weighted by atomic mass is 16.2. The maximum absolute atomic E-state index is 12.7. The second-order valence-electron chi connectivity index (χ2n) is 8.34. The summed E-state index contributed by atoms with van der Waals surface area (Å²) in [6.45, 7) is 6.74. The van der Waals surface area contributed by atoms with E-state index >= 15 is 0 Å². The van der Waals surface area contributed by atoms with Crippen molar-refractivity contribution in [2.45, 2.75) is 51.7 Å². The summed E-state index contributed by atoms with van der Waals surface area (Å²) in [7, 11) is 0. The van der Waals surface area contributed by atoms with Crippen LogP contribution in [-0.4, -0.2) is 69.4 Å². The average molecular weight is 412 g/mol. The number of fused-ring (bicyclic) bond motifs is 1. The Balaban J connectivity index is 1.30. The quantitative estimate of drug-likeness (QED) is 0.763. The molecule has 1 atom stereocenters. The fraction of sp³-hybridized carbons (Fsp3) is 0.545. The Bertz CT molecular complexity index is 1010. The molecule has 4 rings (SSSR count). The van der Waals surface area contributed by atoms with Gasteiger partial charge in [-0.1, -0.05) is 12.1 Å². The minimum atomic E-state index is -0.173. The third kappa shape index (κ3) is 4.38. The molecule has 2 fully saturated rings. The summed E-state index contributed by atoms with van der Waals surface area (Å²) >= 11 is 0. The fourth-order valence-electron chi connectivity index (χ4n) is 3.94. The van der Waals surface area contributed by atoms with Gasteiger partial charge in [-0.3, -0.25) is 23.9 Å². The summed E-state index contributed by atoms with van der Waals surface area (Å²) in [6.07, 6.45) is 3.95. The highest BCUT2D eigenvalue weighted by Gasteiger charge is 2.30. The van der Waals surface area contributed by atoms with Gasteiger partial charge in [-0.15, -0.1) is 0 Å². The van der Waals surface area contributed by atoms with Gasteiger partial charge in [0.25, 0.3) is 5.56 Å². The van der Waals surface area contributed by atoms with Gasteiger partial charge in [0.15, 0.2) is 0 Å². The number of hydrogen-bond acceptors (Lipinski definition) is 5. The van der Waals surface area contributed by atoms with Crippen molar-refractivity contribution in [2.24, 2.45) is 0 Å². The van der Waals surface area contributed by atoms with E-state index in [1.165, 1.54) is 10.9 Å². The van der Waals surface area contributed by atoms with Crippen LogP contribution < -0.4 is 10.9 Å². The summed E-state index contributed by atoms with van der Waals surface area (Å²) in [5, 5.41) is 3.63. The number of nitrogens with one attached hydrogen (secondary N) is 1. The second kappa shape index (κ2) is 8.55. The molecule has 2 aliphatic rings. The first-order valence-corrected chi connectivity index (χ1v) is 10.7. The van der Waals surface area contributed by atoms with E-state index in [0.29, 0.717) is 49.7 Å². The first kappa shape index (κ1) is 20.5. The topological polar surface area (TPSA) is 87.5 Å². The molecule has 1 aromatic heterocycles. The number of benzene rings is 1. The van der Waals surface area contributed by atoms with E-state index in [9.17, 15) is 14.4 Å². The van der Waals surface area contributed by atoms with Gasteiger partial charge in [0.1, 0.15) is 0 Å². The fourth-order valence-corrected chi connectivity index (χ4v) is 3.94. The van der Waals surface area contributed by atoms with Crippen LogP contribution in [-0.2, 0) is 16.1 Å². The highest BCUT2D eigenvalue weighted by molar-refractivity contribution is 5.82. The summed E-state index contributed by atoms with van der Waals surface area (Å²) in [4.78, 5) is 45.9. The van der Waals surface area contributed by atoms with Gasteiger partial charge in [-0.05, 0) is 38.3 Å². The first-order valence-electron chi connectivity index (χ1n) is 10.7. The lowest BCUT2D eigenvalue weighted by molar-refractivity contribution is -0.134. The summed E-state index contributed by atoms with van der Waals surface area (Å²) in [5.41, 5.74) is 1.56. The van der Waals surface area contributed by atoms with E-state index in [0.717, 1.165) is 18.4 Å². The number of aryl methyl sites for hydroxylation is 2. The van der Waals surface area contributed by atoms with Crippen LogP contribution in [0.2, 0.25) is 0 Å². The maximum atomic E-state index is 12.7. The maximum Gasteiger partial charge on any atom is 0.261 e. The van der Waals surface area contributed by atoms with E-state index in [1.807, 2.05) is 30.9 Å². The molecular formula is C22H29N5O3. The molecule has 0 bridgehead atoms. The molecule has 2 amide bonds. The lowest BCUT2D eigenvalue weighted by atomic mass is 10.1. The molecule has 2 aromatic rings. The number of rotatable bonds is 6. The zero-order valence-corrected chi connectivity index (χ0v) is 17.6. The number of aromatic nitrogens is 2. The molecule has 1 N–H and O–H groups in total. The summed E-state index contributed by atoms with van der Waals surface area (Å²) in [6, 6.07) is 5.74. The van der Waals surface area contributed by atoms with Crippen LogP contribution in [0, 0.1) is 6.92 Å². The van der Waals surface area contributed by atoms with E-state index < -0.39 is 0 Å². The smallest absolute Gasteiger partial charge is 0.261 e. The molecule has 1 aromatic carbocycles. The van der Waals surface area contributed by atoms with E-state index in [4.69, 9.17) is 0 Å². The van der Waals surface area contributed by atoms with Crippen molar-refractivity contribution in [1.29, 1.82) is 0 Å². The van der Waals surface area contributed by atoms with Crippen molar-refractivity contribution in [3.8, 4) is 0 Å². The van der Waals surface area contributed by atoms with Gasteiger partial charge < -0.3 is 10.2 Å². The van der Waals surface area contributed by atoms with Crippen LogP contribution >= 0.6 is 0 Å². The highest BCUT2D eigenvalue weighted by Crippen LogP contribution is 2.19. The molecule has 2 heterocycles. The molecule has 0 radical (unpaired) electrons. The van der Waals surface area contributed by atoms with Crippen molar-refractivity contribution >= 4 is 22.7 Å². The zero-order chi connectivity index (χ0) is 21.3. The Labute approximate surface area is 175 Å². The number of piperazine rings is 1. The molecule has 1 aliphatic carbocycles. The normalized spacial score (nSPS) is 18.4. The number of carbonyl (C=O) groups excluding carboxylic acids is 2. The molecule has 160 valence electrons. The minimum Gasteiger partial charge on any atom is -0.352 e. The van der Waals surface area contributed by atoms with E-state index in [2.05, 4.69) is 15.2 Å². The van der Waals surface area contributed by atoms with Crippen LogP contribution in [0.4, 0.5) is 0 Å². The minimum absolute atomic E-state index is 0.0287. The molecular weight excluding hydrogens is 382 g/mol. The van der Waals surface area contributed by atoms with Crippen molar-refractivity contribution < 1.29 is 9.59 Å². The Kier molecular flexibility index (Phi) is 5.85. The standard InChI is InChI=1S/C22H29N5O3/c1-15-4-3-5-18-20(15)23-14-27(22(18)30)9-8-19(28)26-12-10-25(11-13-26)16(2)21(29)24-17-6-7-17/h3-5,14,16-17H,6-13H2,1-2H3,(H,24,29). The van der Waals surface area contributed by atoms with E-state index in [1.54, 1.807) is 6.07 Å². The lowest BCUT2D eigenvalue weighted by Gasteiger charge is -2.37. The molecule has 8 heteroatoms. The average Bonchev–Trinajstić information content (AvgIpc) is 3.57. The Hall–Kier alpha value is -2.74. The van der Waals surface area contributed by atoms with Crippen molar-refractivity contribution in [3.63, 3.8) is 0 Å². The van der Waals surface area contributed by atoms with Gasteiger partial charge in [-0.2, -0.15) is 0 Å². The van der Waals surface area contributed by atoms with Gasteiger partial charge in [-0.25, -0.2) is 4.98 Å². The number of carbonyl (C=O) groups is 2. The lowest BCUT2D eigenvalue weighted by Crippen LogP contribution is -2.55. The molecule has 8 nitrogen and oxygen atoms in total. The third-order valence-corrected chi connectivity index (χ3v) is 6.14. The molecule has 1 unspecified atom stereocenters. The molecule has 1 saturated carbocycles. The monoisotopic (exact) mass is 411 g/mol. The number of hydrogen-bond donors (Lipinski definition) is 1. The summed E-state index contributed by atoms with van der Waals surface area (Å²) in [5.74, 6) is 0.108. The second-order valence-corrected chi connectivity index (χ2v) is 8.34. The zero-order valence-electron chi connectivity index (χ0n) is 17.6. The summed E-state index contributed by atoms with van der Waals surface area (Å²) < 4.78 is 1.51. The predicted octanol–water partition coefficient (Wildman–Crippen LogP) is 0.906. The first-order chi connectivity index (χ1) is 14.4. The van der Waals surface area contributed by atoms with Gasteiger partial charge >= 0.3 is 0 Å². The number of nitrogens with zero attached hydrogens (tertiary/aromatic N) is 4. The SMILES string of the molecule is Cc1cccc2c(=O)n(CCC(=O)N3CCN(C(C)C(=O)NC4CC4)CC3)cnc12. The Morgan fingerprint density at radius 3 is 2.63 bits per heavy atom. The predicted molar refractivity (Wildman–Crippen MR) is 114 cm³/mol. The van der Waals surface area contributed by atoms with Gasteiger partial charge in [0.2, 0.25) is 11.8 Å². The molecule has 1 aliphatic heterocycles. The Morgan fingerprint density at radius 2 is 1.93 bits per heavy atom. The molecule has 1 saturated heterocycles. The van der Waals surface area contributed by atoms with E-state index in [-0.39, 0.29) is 29.8 Å².